The molecule has 0 bridgehead atoms. The Morgan fingerprint density at radius 3 is 2.59 bits per heavy atom. The summed E-state index contributed by atoms with van der Waals surface area (Å²) in [5.41, 5.74) is 2.03. The lowest BCUT2D eigenvalue weighted by Gasteiger charge is -2.22. The van der Waals surface area contributed by atoms with Crippen molar-refractivity contribution >= 4 is 29.9 Å². The third-order valence-electron chi connectivity index (χ3n) is 4.92. The molecule has 0 saturated heterocycles. The molecule has 2 N–H and O–H groups in total. The summed E-state index contributed by atoms with van der Waals surface area (Å²) in [4.78, 5) is 8.69. The summed E-state index contributed by atoms with van der Waals surface area (Å²) in [6.45, 7) is 5.35. The van der Waals surface area contributed by atoms with Gasteiger partial charge in [-0.3, -0.25) is 4.99 Å². The Balaban J connectivity index is 0.00000300. The number of nitrogens with one attached hydrogen (secondary N) is 2. The van der Waals surface area contributed by atoms with Gasteiger partial charge in [0.25, 0.3) is 0 Å². The SMILES string of the molecule is CN=C(NCc1ccc(OC2CCCCC2)nc1)NCc1cc(C(C)C)no1.I. The van der Waals surface area contributed by atoms with E-state index < -0.39 is 0 Å². The van der Waals surface area contributed by atoms with Crippen LogP contribution in [-0.4, -0.2) is 29.3 Å². The Kier molecular flexibility index (Phi) is 9.69. The Hall–Kier alpha value is -1.84. The molecule has 7 nitrogen and oxygen atoms in total. The van der Waals surface area contributed by atoms with Crippen LogP contribution in [-0.2, 0) is 13.1 Å². The van der Waals surface area contributed by atoms with E-state index in [9.17, 15) is 0 Å². The van der Waals surface area contributed by atoms with Crippen LogP contribution >= 0.6 is 24.0 Å². The number of guanidine groups is 1. The molecule has 3 rings (SSSR count). The monoisotopic (exact) mass is 513 g/mol. The first kappa shape index (κ1) is 23.4. The van der Waals surface area contributed by atoms with E-state index >= 15 is 0 Å². The summed E-state index contributed by atoms with van der Waals surface area (Å²) in [6.07, 6.45) is 8.28. The molecular weight excluding hydrogens is 481 g/mol. The highest BCUT2D eigenvalue weighted by Crippen LogP contribution is 2.22. The molecule has 1 aliphatic carbocycles. The summed E-state index contributed by atoms with van der Waals surface area (Å²) in [7, 11) is 1.74. The van der Waals surface area contributed by atoms with Crippen LogP contribution in [0.4, 0.5) is 0 Å². The van der Waals surface area contributed by atoms with Gasteiger partial charge in [0.2, 0.25) is 5.88 Å². The molecule has 160 valence electrons. The van der Waals surface area contributed by atoms with E-state index in [2.05, 4.69) is 39.6 Å². The molecule has 0 unspecified atom stereocenters. The maximum atomic E-state index is 5.98. The first-order valence-corrected chi connectivity index (χ1v) is 10.2. The zero-order valence-electron chi connectivity index (χ0n) is 17.5. The van der Waals surface area contributed by atoms with Crippen LogP contribution in [0.25, 0.3) is 0 Å². The van der Waals surface area contributed by atoms with Gasteiger partial charge < -0.3 is 19.9 Å². The lowest BCUT2D eigenvalue weighted by molar-refractivity contribution is 0.148. The number of hydrogen-bond acceptors (Lipinski definition) is 5. The van der Waals surface area contributed by atoms with Crippen molar-refractivity contribution in [3.63, 3.8) is 0 Å². The predicted molar refractivity (Wildman–Crippen MR) is 125 cm³/mol. The smallest absolute Gasteiger partial charge is 0.213 e. The van der Waals surface area contributed by atoms with E-state index in [0.717, 1.165) is 29.9 Å². The molecule has 2 aromatic rings. The van der Waals surface area contributed by atoms with Gasteiger partial charge in [-0.1, -0.05) is 31.5 Å². The van der Waals surface area contributed by atoms with E-state index in [1.807, 2.05) is 24.4 Å². The molecule has 0 atom stereocenters. The van der Waals surface area contributed by atoms with E-state index in [0.29, 0.717) is 37.0 Å². The maximum Gasteiger partial charge on any atom is 0.213 e. The van der Waals surface area contributed by atoms with Gasteiger partial charge in [0, 0.05) is 31.9 Å². The van der Waals surface area contributed by atoms with Crippen molar-refractivity contribution in [3.05, 3.63) is 41.4 Å². The first-order chi connectivity index (χ1) is 13.6. The third-order valence-corrected chi connectivity index (χ3v) is 4.92. The van der Waals surface area contributed by atoms with Gasteiger partial charge in [-0.25, -0.2) is 4.98 Å². The summed E-state index contributed by atoms with van der Waals surface area (Å²) >= 11 is 0. The van der Waals surface area contributed by atoms with Gasteiger partial charge in [-0.05, 0) is 37.2 Å². The van der Waals surface area contributed by atoms with Crippen molar-refractivity contribution < 1.29 is 9.26 Å². The number of hydrogen-bond donors (Lipinski definition) is 2. The third kappa shape index (κ3) is 7.49. The van der Waals surface area contributed by atoms with E-state index in [4.69, 9.17) is 9.26 Å². The fraction of sp³-hybridized carbons (Fsp3) is 0.571. The van der Waals surface area contributed by atoms with Crippen LogP contribution < -0.4 is 15.4 Å². The standard InChI is InChI=1S/C21H31N5O2.HI/c1-15(2)19-11-18(28-26-19)14-25-21(22-3)24-13-16-9-10-20(23-12-16)27-17-7-5-4-6-8-17;/h9-12,15,17H,4-8,13-14H2,1-3H3,(H2,22,24,25);1H. The number of aliphatic imine (C=N–C) groups is 1. The van der Waals surface area contributed by atoms with Crippen molar-refractivity contribution in [2.75, 3.05) is 7.05 Å². The lowest BCUT2D eigenvalue weighted by Crippen LogP contribution is -2.36. The number of halogens is 1. The maximum absolute atomic E-state index is 5.98. The molecule has 0 spiro atoms. The largest absolute Gasteiger partial charge is 0.474 e. The minimum atomic E-state index is 0. The average Bonchev–Trinajstić information content (AvgIpc) is 3.19. The lowest BCUT2D eigenvalue weighted by atomic mass is 9.98. The minimum absolute atomic E-state index is 0. The van der Waals surface area contributed by atoms with Crippen molar-refractivity contribution in [2.24, 2.45) is 4.99 Å². The summed E-state index contributed by atoms with van der Waals surface area (Å²) < 4.78 is 11.3. The zero-order chi connectivity index (χ0) is 19.8. The highest BCUT2D eigenvalue weighted by Gasteiger charge is 2.15. The van der Waals surface area contributed by atoms with E-state index in [-0.39, 0.29) is 24.0 Å². The Morgan fingerprint density at radius 2 is 1.97 bits per heavy atom. The summed E-state index contributed by atoms with van der Waals surface area (Å²) in [5.74, 6) is 2.56. The number of rotatable bonds is 7. The second-order valence-corrected chi connectivity index (χ2v) is 7.53. The zero-order valence-corrected chi connectivity index (χ0v) is 19.8. The minimum Gasteiger partial charge on any atom is -0.474 e. The molecule has 0 amide bonds. The first-order valence-electron chi connectivity index (χ1n) is 10.2. The van der Waals surface area contributed by atoms with Crippen molar-refractivity contribution in [2.45, 2.75) is 71.1 Å². The highest BCUT2D eigenvalue weighted by atomic mass is 127. The average molecular weight is 513 g/mol. The second-order valence-electron chi connectivity index (χ2n) is 7.53. The van der Waals surface area contributed by atoms with E-state index in [1.165, 1.54) is 19.3 Å². The Labute approximate surface area is 190 Å². The van der Waals surface area contributed by atoms with Gasteiger partial charge in [-0.2, -0.15) is 0 Å². The molecule has 1 aliphatic rings. The van der Waals surface area contributed by atoms with Gasteiger partial charge in [-0.15, -0.1) is 24.0 Å². The Morgan fingerprint density at radius 1 is 1.21 bits per heavy atom. The molecule has 8 heteroatoms. The van der Waals surface area contributed by atoms with Crippen molar-refractivity contribution in [1.82, 2.24) is 20.8 Å². The van der Waals surface area contributed by atoms with Crippen molar-refractivity contribution in [1.29, 1.82) is 0 Å². The van der Waals surface area contributed by atoms with Crippen LogP contribution in [0.3, 0.4) is 0 Å². The van der Waals surface area contributed by atoms with Crippen LogP contribution in [0.2, 0.25) is 0 Å². The quantitative estimate of drug-likeness (QED) is 0.325. The summed E-state index contributed by atoms with van der Waals surface area (Å²) in [5, 5.41) is 10.6. The van der Waals surface area contributed by atoms with Crippen LogP contribution in [0.15, 0.2) is 33.9 Å². The fourth-order valence-corrected chi connectivity index (χ4v) is 3.20. The van der Waals surface area contributed by atoms with Gasteiger partial charge in [0.15, 0.2) is 11.7 Å². The molecule has 0 aromatic carbocycles. The molecule has 29 heavy (non-hydrogen) atoms. The second kappa shape index (κ2) is 12.0. The molecule has 1 fully saturated rings. The van der Waals surface area contributed by atoms with Crippen LogP contribution in [0, 0.1) is 0 Å². The fourth-order valence-electron chi connectivity index (χ4n) is 3.20. The predicted octanol–water partition coefficient (Wildman–Crippen LogP) is 4.39. The Bertz CT molecular complexity index is 755. The van der Waals surface area contributed by atoms with Gasteiger partial charge >= 0.3 is 0 Å². The summed E-state index contributed by atoms with van der Waals surface area (Å²) in [6, 6.07) is 5.96. The van der Waals surface area contributed by atoms with E-state index in [1.54, 1.807) is 7.05 Å². The van der Waals surface area contributed by atoms with Gasteiger partial charge in [0.1, 0.15) is 6.10 Å². The van der Waals surface area contributed by atoms with Crippen molar-refractivity contribution in [3.8, 4) is 5.88 Å². The van der Waals surface area contributed by atoms with Crippen LogP contribution in [0.5, 0.6) is 5.88 Å². The number of aromatic nitrogens is 2. The normalized spacial score (nSPS) is 15.1. The highest BCUT2D eigenvalue weighted by molar-refractivity contribution is 14.0. The molecular formula is C21H32IN5O2. The molecule has 2 aromatic heterocycles. The molecule has 1 saturated carbocycles. The van der Waals surface area contributed by atoms with Gasteiger partial charge in [0.05, 0.1) is 12.2 Å². The number of ether oxygens (including phenoxy) is 1. The molecule has 0 radical (unpaired) electrons. The molecule has 2 heterocycles. The van der Waals surface area contributed by atoms with Crippen LogP contribution in [0.1, 0.15) is 68.9 Å². The molecule has 0 aliphatic heterocycles. The topological polar surface area (TPSA) is 84.6 Å². The number of pyridine rings is 1. The number of nitrogens with zero attached hydrogens (tertiary/aromatic N) is 3.